The van der Waals surface area contributed by atoms with Crippen molar-refractivity contribution in [2.45, 2.75) is 116 Å². The van der Waals surface area contributed by atoms with Crippen LogP contribution in [-0.4, -0.2) is 36.4 Å². The van der Waals surface area contributed by atoms with Crippen LogP contribution in [0.25, 0.3) is 0 Å². The first-order valence-corrected chi connectivity index (χ1v) is 11.9. The van der Waals surface area contributed by atoms with E-state index in [1.807, 2.05) is 0 Å². The molecule has 0 aliphatic rings. The first-order chi connectivity index (χ1) is 14.0. The lowest BCUT2D eigenvalue weighted by molar-refractivity contribution is -0.138. The Balaban J connectivity index is 3.97. The minimum Gasteiger partial charge on any atom is -0.480 e. The zero-order chi connectivity index (χ0) is 21.7. The van der Waals surface area contributed by atoms with Gasteiger partial charge in [-0.3, -0.25) is 4.79 Å². The predicted molar refractivity (Wildman–Crippen MR) is 119 cm³/mol. The van der Waals surface area contributed by atoms with Crippen LogP contribution in [0.5, 0.6) is 0 Å². The molecule has 29 heavy (non-hydrogen) atoms. The van der Waals surface area contributed by atoms with Crippen LogP contribution in [0.1, 0.15) is 110 Å². The molecule has 6 nitrogen and oxygen atoms in total. The molecular weight excluding hydrogens is 368 g/mol. The molecule has 0 rings (SSSR count). The number of hydrogen-bond donors (Lipinski definition) is 3. The highest BCUT2D eigenvalue weighted by Crippen LogP contribution is 2.19. The monoisotopic (exact) mass is 414 g/mol. The number of carboxylic acids is 1. The van der Waals surface area contributed by atoms with Crippen LogP contribution >= 0.6 is 0 Å². The van der Waals surface area contributed by atoms with Crippen LogP contribution in [-0.2, 0) is 9.53 Å². The van der Waals surface area contributed by atoms with E-state index in [4.69, 9.17) is 15.6 Å². The molecule has 1 amide bonds. The van der Waals surface area contributed by atoms with Crippen molar-refractivity contribution in [2.75, 3.05) is 13.2 Å². The number of carboxylic acid groups (broad SMARTS) is 1. The third-order valence-corrected chi connectivity index (χ3v) is 5.41. The van der Waals surface area contributed by atoms with Gasteiger partial charge in [0.25, 0.3) is 0 Å². The Kier molecular flexibility index (Phi) is 19.1. The maximum absolute atomic E-state index is 11.9. The maximum atomic E-state index is 11.9. The van der Waals surface area contributed by atoms with Crippen molar-refractivity contribution in [3.8, 4) is 0 Å². The third-order valence-electron chi connectivity index (χ3n) is 5.41. The first-order valence-electron chi connectivity index (χ1n) is 11.9. The van der Waals surface area contributed by atoms with Gasteiger partial charge in [0.1, 0.15) is 6.04 Å². The van der Waals surface area contributed by atoms with Crippen molar-refractivity contribution in [2.24, 2.45) is 11.7 Å². The quantitative estimate of drug-likeness (QED) is 0.224. The number of carbonyl (C=O) groups is 2. The van der Waals surface area contributed by atoms with Crippen LogP contribution in [0.15, 0.2) is 0 Å². The summed E-state index contributed by atoms with van der Waals surface area (Å²) in [7, 11) is 0. The summed E-state index contributed by atoms with van der Waals surface area (Å²) < 4.78 is 5.45. The maximum Gasteiger partial charge on any atom is 0.407 e. The second-order valence-corrected chi connectivity index (χ2v) is 8.24. The van der Waals surface area contributed by atoms with Crippen LogP contribution < -0.4 is 11.1 Å². The number of carbonyl (C=O) groups excluding carboxylic acids is 1. The highest BCUT2D eigenvalue weighted by Gasteiger charge is 2.13. The number of aliphatic carboxylic acids is 1. The fourth-order valence-electron chi connectivity index (χ4n) is 3.43. The van der Waals surface area contributed by atoms with Crippen molar-refractivity contribution in [1.82, 2.24) is 5.32 Å². The number of amides is 1. The van der Waals surface area contributed by atoms with Gasteiger partial charge in [-0.25, -0.2) is 4.79 Å². The lowest BCUT2D eigenvalue weighted by Gasteiger charge is -2.17. The second-order valence-electron chi connectivity index (χ2n) is 8.24. The summed E-state index contributed by atoms with van der Waals surface area (Å²) in [5.41, 5.74) is 5.46. The molecule has 0 aromatic carbocycles. The number of nitrogens with two attached hydrogens (primary N) is 1. The van der Waals surface area contributed by atoms with E-state index in [1.165, 1.54) is 64.2 Å². The van der Waals surface area contributed by atoms with Gasteiger partial charge in [-0.1, -0.05) is 78.1 Å². The van der Waals surface area contributed by atoms with Gasteiger partial charge in [0.15, 0.2) is 0 Å². The lowest BCUT2D eigenvalue weighted by Crippen LogP contribution is -2.30. The fraction of sp³-hybridized carbons (Fsp3) is 0.913. The molecule has 6 heteroatoms. The Morgan fingerprint density at radius 3 is 1.93 bits per heavy atom. The van der Waals surface area contributed by atoms with Gasteiger partial charge in [-0.05, 0) is 38.0 Å². The molecule has 0 aromatic heterocycles. The summed E-state index contributed by atoms with van der Waals surface area (Å²) >= 11 is 0. The lowest BCUT2D eigenvalue weighted by atomic mass is 9.95. The van der Waals surface area contributed by atoms with E-state index >= 15 is 0 Å². The van der Waals surface area contributed by atoms with Gasteiger partial charge in [0.05, 0.1) is 6.61 Å². The van der Waals surface area contributed by atoms with E-state index < -0.39 is 12.0 Å². The molecule has 0 aromatic rings. The van der Waals surface area contributed by atoms with Crippen molar-refractivity contribution in [1.29, 1.82) is 0 Å². The van der Waals surface area contributed by atoms with Gasteiger partial charge < -0.3 is 20.9 Å². The number of hydrogen-bond acceptors (Lipinski definition) is 4. The van der Waals surface area contributed by atoms with E-state index in [0.717, 1.165) is 12.8 Å². The molecule has 0 saturated carbocycles. The molecule has 0 spiro atoms. The summed E-state index contributed by atoms with van der Waals surface area (Å²) in [5, 5.41) is 11.5. The van der Waals surface area contributed by atoms with Gasteiger partial charge in [-0.2, -0.15) is 0 Å². The van der Waals surface area contributed by atoms with Crippen LogP contribution in [0.2, 0.25) is 0 Å². The zero-order valence-electron chi connectivity index (χ0n) is 18.9. The highest BCUT2D eigenvalue weighted by atomic mass is 16.5. The summed E-state index contributed by atoms with van der Waals surface area (Å²) in [6.07, 6.45) is 16.4. The molecule has 0 aliphatic carbocycles. The number of unbranched alkanes of at least 4 members (excludes halogenated alkanes) is 9. The first kappa shape index (κ1) is 27.7. The van der Waals surface area contributed by atoms with E-state index in [2.05, 4.69) is 19.2 Å². The Morgan fingerprint density at radius 1 is 0.828 bits per heavy atom. The van der Waals surface area contributed by atoms with Crippen molar-refractivity contribution < 1.29 is 19.4 Å². The highest BCUT2D eigenvalue weighted by molar-refractivity contribution is 5.72. The van der Waals surface area contributed by atoms with E-state index in [-0.39, 0.29) is 6.09 Å². The minimum absolute atomic E-state index is 0.367. The Hall–Kier alpha value is -1.30. The standard InChI is InChI=1S/C23H46N2O4/c1-3-5-7-9-10-12-16-20(15-11-8-6-4-2)19-29-23(28)25-18-14-13-17-21(24)22(26)27/h20-21H,3-19,24H2,1-2H3,(H,25,28)(H,26,27)/t20?,21-/m0/s1. The number of nitrogens with one attached hydrogen (secondary N) is 1. The molecule has 0 heterocycles. The van der Waals surface area contributed by atoms with Crippen LogP contribution in [0.3, 0.4) is 0 Å². The van der Waals surface area contributed by atoms with Gasteiger partial charge in [0, 0.05) is 6.54 Å². The number of alkyl carbamates (subject to hydrolysis) is 1. The normalized spacial score (nSPS) is 13.1. The fourth-order valence-corrected chi connectivity index (χ4v) is 3.43. The topological polar surface area (TPSA) is 102 Å². The molecule has 4 N–H and O–H groups in total. The van der Waals surface area contributed by atoms with E-state index in [1.54, 1.807) is 0 Å². The van der Waals surface area contributed by atoms with Gasteiger partial charge >= 0.3 is 12.1 Å². The molecule has 0 saturated heterocycles. The zero-order valence-corrected chi connectivity index (χ0v) is 18.9. The Bertz CT molecular complexity index is 404. The van der Waals surface area contributed by atoms with Crippen LogP contribution in [0.4, 0.5) is 4.79 Å². The molecule has 0 aliphatic heterocycles. The van der Waals surface area contributed by atoms with E-state index in [0.29, 0.717) is 38.3 Å². The smallest absolute Gasteiger partial charge is 0.407 e. The molecule has 172 valence electrons. The average Bonchev–Trinajstić information content (AvgIpc) is 2.70. The van der Waals surface area contributed by atoms with E-state index in [9.17, 15) is 9.59 Å². The van der Waals surface area contributed by atoms with Gasteiger partial charge in [-0.15, -0.1) is 0 Å². The minimum atomic E-state index is -0.979. The second kappa shape index (κ2) is 20.0. The summed E-state index contributed by atoms with van der Waals surface area (Å²) in [6, 6.07) is -0.822. The SMILES string of the molecule is CCCCCCCCC(CCCCCC)COC(=O)NCCCC[C@H](N)C(=O)O. The molecule has 1 unspecified atom stereocenters. The van der Waals surface area contributed by atoms with Crippen molar-refractivity contribution in [3.63, 3.8) is 0 Å². The third kappa shape index (κ3) is 18.5. The average molecular weight is 415 g/mol. The number of rotatable bonds is 20. The summed E-state index contributed by atoms with van der Waals surface area (Å²) in [5.74, 6) is -0.523. The molecular formula is C23H46N2O4. The van der Waals surface area contributed by atoms with Crippen molar-refractivity contribution >= 4 is 12.1 Å². The molecule has 0 radical (unpaired) electrons. The molecule has 0 bridgehead atoms. The van der Waals surface area contributed by atoms with Crippen LogP contribution in [0, 0.1) is 5.92 Å². The number of ether oxygens (including phenoxy) is 1. The summed E-state index contributed by atoms with van der Waals surface area (Å²) in [4.78, 5) is 22.6. The molecule has 2 atom stereocenters. The summed E-state index contributed by atoms with van der Waals surface area (Å²) in [6.45, 7) is 5.44. The largest absolute Gasteiger partial charge is 0.480 e. The van der Waals surface area contributed by atoms with Crippen molar-refractivity contribution in [3.05, 3.63) is 0 Å². The van der Waals surface area contributed by atoms with Gasteiger partial charge in [0.2, 0.25) is 0 Å². The molecule has 0 fully saturated rings. The predicted octanol–water partition coefficient (Wildman–Crippen LogP) is 5.63. The Labute approximate surface area is 178 Å². The Morgan fingerprint density at radius 2 is 1.34 bits per heavy atom.